The van der Waals surface area contributed by atoms with Gasteiger partial charge in [0.2, 0.25) is 0 Å². The summed E-state index contributed by atoms with van der Waals surface area (Å²) in [4.78, 5) is 12.0. The van der Waals surface area contributed by atoms with Crippen LogP contribution in [0.5, 0.6) is 0 Å². The molecule has 0 bridgehead atoms. The van der Waals surface area contributed by atoms with E-state index >= 15 is 0 Å². The number of carbonyl (C=O) groups is 1. The van der Waals surface area contributed by atoms with Gasteiger partial charge in [-0.25, -0.2) is 0 Å². The number of rotatable bonds is 3. The number of carbonyl (C=O) groups excluding carboxylic acids is 1. The van der Waals surface area contributed by atoms with Crippen LogP contribution >= 0.6 is 0 Å². The van der Waals surface area contributed by atoms with Crippen molar-refractivity contribution in [1.29, 1.82) is 0 Å². The summed E-state index contributed by atoms with van der Waals surface area (Å²) in [6, 6.07) is 9.74. The van der Waals surface area contributed by atoms with Gasteiger partial charge in [0.25, 0.3) is 5.91 Å². The highest BCUT2D eigenvalue weighted by molar-refractivity contribution is 5.74. The molecule has 0 saturated carbocycles. The minimum absolute atomic E-state index is 0.273. The number of nitrogens with two attached hydrogens (primary N) is 1. The topological polar surface area (TPSA) is 67.8 Å². The average Bonchev–Trinajstić information content (AvgIpc) is 2.33. The number of likely N-dealkylation sites (tertiary alicyclic amines) is 1. The number of hydrogen-bond donors (Lipinski definition) is 3. The Labute approximate surface area is 101 Å². The van der Waals surface area contributed by atoms with Gasteiger partial charge in [-0.05, 0) is 5.56 Å². The van der Waals surface area contributed by atoms with E-state index in [1.54, 1.807) is 0 Å². The summed E-state index contributed by atoms with van der Waals surface area (Å²) in [5.41, 5.74) is 5.42. The van der Waals surface area contributed by atoms with Crippen molar-refractivity contribution in [3.05, 3.63) is 35.9 Å². The molecule has 1 aromatic rings. The van der Waals surface area contributed by atoms with Gasteiger partial charge < -0.3 is 15.7 Å². The Hall–Kier alpha value is -1.39. The fourth-order valence-electron chi connectivity index (χ4n) is 2.48. The monoisotopic (exact) mass is 235 g/mol. The zero-order valence-corrected chi connectivity index (χ0v) is 9.86. The number of piperidine rings is 1. The normalized spacial score (nSPS) is 28.9. The van der Waals surface area contributed by atoms with Crippen molar-refractivity contribution in [2.45, 2.75) is 18.4 Å². The molecule has 4 heteroatoms. The Morgan fingerprint density at radius 3 is 2.41 bits per heavy atom. The summed E-state index contributed by atoms with van der Waals surface area (Å²) in [6.07, 6.45) is 1.36. The largest absolute Gasteiger partial charge is 0.385 e. The molecular formula is C13H19N2O2+. The summed E-state index contributed by atoms with van der Waals surface area (Å²) in [6.45, 7) is 1.94. The lowest BCUT2D eigenvalue weighted by molar-refractivity contribution is -0.899. The summed E-state index contributed by atoms with van der Waals surface area (Å²) in [7, 11) is 0. The van der Waals surface area contributed by atoms with Crippen LogP contribution in [0.15, 0.2) is 30.3 Å². The number of hydrogen-bond acceptors (Lipinski definition) is 2. The van der Waals surface area contributed by atoms with Gasteiger partial charge >= 0.3 is 0 Å². The van der Waals surface area contributed by atoms with Gasteiger partial charge in [-0.3, -0.25) is 4.79 Å². The van der Waals surface area contributed by atoms with E-state index in [4.69, 9.17) is 5.73 Å². The van der Waals surface area contributed by atoms with Crippen molar-refractivity contribution in [3.63, 3.8) is 0 Å². The van der Waals surface area contributed by atoms with Crippen LogP contribution in [0.25, 0.3) is 0 Å². The minimum atomic E-state index is -0.734. The minimum Gasteiger partial charge on any atom is -0.385 e. The first kappa shape index (κ1) is 12.1. The van der Waals surface area contributed by atoms with Crippen molar-refractivity contribution >= 4 is 5.91 Å². The van der Waals surface area contributed by atoms with Gasteiger partial charge in [0.15, 0.2) is 6.54 Å². The molecule has 92 valence electrons. The van der Waals surface area contributed by atoms with Crippen molar-refractivity contribution in [2.24, 2.45) is 5.73 Å². The summed E-state index contributed by atoms with van der Waals surface area (Å²) in [5.74, 6) is -0.273. The predicted molar refractivity (Wildman–Crippen MR) is 64.3 cm³/mol. The van der Waals surface area contributed by atoms with E-state index in [-0.39, 0.29) is 5.91 Å². The van der Waals surface area contributed by atoms with Crippen LogP contribution < -0.4 is 10.6 Å². The maximum atomic E-state index is 10.8. The van der Waals surface area contributed by atoms with Gasteiger partial charge in [-0.15, -0.1) is 0 Å². The van der Waals surface area contributed by atoms with Crippen LogP contribution in [0.1, 0.15) is 18.4 Å². The van der Waals surface area contributed by atoms with Crippen LogP contribution in [-0.4, -0.2) is 30.6 Å². The Kier molecular flexibility index (Phi) is 3.45. The Morgan fingerprint density at radius 2 is 1.88 bits per heavy atom. The number of quaternary nitrogens is 1. The molecule has 0 unspecified atom stereocenters. The van der Waals surface area contributed by atoms with Gasteiger partial charge in [-0.2, -0.15) is 0 Å². The number of primary amides is 1. The van der Waals surface area contributed by atoms with E-state index in [0.717, 1.165) is 23.6 Å². The lowest BCUT2D eigenvalue weighted by atomic mass is 9.84. The Bertz CT molecular complexity index is 384. The molecular weight excluding hydrogens is 216 g/mol. The molecule has 0 atom stereocenters. The fourth-order valence-corrected chi connectivity index (χ4v) is 2.48. The van der Waals surface area contributed by atoms with Crippen LogP contribution in [0, 0.1) is 0 Å². The molecule has 1 fully saturated rings. The maximum Gasteiger partial charge on any atom is 0.272 e. The first-order valence-corrected chi connectivity index (χ1v) is 6.00. The maximum absolute atomic E-state index is 10.8. The van der Waals surface area contributed by atoms with E-state index in [2.05, 4.69) is 0 Å². The molecule has 4 N–H and O–H groups in total. The SMILES string of the molecule is NC(=O)C[NH+]1CCC(O)(c2ccccc2)CC1. The van der Waals surface area contributed by atoms with Gasteiger partial charge in [0.05, 0.1) is 13.1 Å². The zero-order chi connectivity index (χ0) is 12.3. The summed E-state index contributed by atoms with van der Waals surface area (Å²) in [5, 5.41) is 10.6. The second-order valence-corrected chi connectivity index (χ2v) is 4.79. The third kappa shape index (κ3) is 2.84. The molecule has 1 aliphatic heterocycles. The quantitative estimate of drug-likeness (QED) is 0.631. The van der Waals surface area contributed by atoms with Crippen LogP contribution in [-0.2, 0) is 10.4 Å². The molecule has 0 aromatic heterocycles. The summed E-state index contributed by atoms with van der Waals surface area (Å²) < 4.78 is 0. The standard InChI is InChI=1S/C13H18N2O2/c14-12(16)10-15-8-6-13(17,7-9-15)11-4-2-1-3-5-11/h1-5,17H,6-10H2,(H2,14,16)/p+1. The van der Waals surface area contributed by atoms with E-state index in [1.807, 2.05) is 30.3 Å². The second-order valence-electron chi connectivity index (χ2n) is 4.79. The first-order valence-electron chi connectivity index (χ1n) is 6.00. The van der Waals surface area contributed by atoms with Gasteiger partial charge in [-0.1, -0.05) is 30.3 Å². The number of benzene rings is 1. The average molecular weight is 235 g/mol. The van der Waals surface area contributed by atoms with E-state index in [9.17, 15) is 9.90 Å². The molecule has 1 aliphatic rings. The number of nitrogens with one attached hydrogen (secondary N) is 1. The van der Waals surface area contributed by atoms with E-state index in [0.29, 0.717) is 19.4 Å². The van der Waals surface area contributed by atoms with Crippen LogP contribution in [0.3, 0.4) is 0 Å². The molecule has 0 aliphatic carbocycles. The van der Waals surface area contributed by atoms with Gasteiger partial charge in [0.1, 0.15) is 5.60 Å². The number of amides is 1. The third-order valence-corrected chi connectivity index (χ3v) is 3.52. The molecule has 1 saturated heterocycles. The molecule has 1 amide bonds. The first-order chi connectivity index (χ1) is 8.10. The Morgan fingerprint density at radius 1 is 1.29 bits per heavy atom. The summed E-state index contributed by atoms with van der Waals surface area (Å²) >= 11 is 0. The second kappa shape index (κ2) is 4.85. The fraction of sp³-hybridized carbons (Fsp3) is 0.462. The van der Waals surface area contributed by atoms with Crippen LogP contribution in [0.4, 0.5) is 0 Å². The lowest BCUT2D eigenvalue weighted by Crippen LogP contribution is -3.14. The molecule has 0 radical (unpaired) electrons. The predicted octanol–water partition coefficient (Wildman–Crippen LogP) is -0.962. The third-order valence-electron chi connectivity index (χ3n) is 3.52. The molecule has 4 nitrogen and oxygen atoms in total. The molecule has 0 spiro atoms. The van der Waals surface area contributed by atoms with Gasteiger partial charge in [0, 0.05) is 12.8 Å². The van der Waals surface area contributed by atoms with E-state index in [1.165, 1.54) is 0 Å². The van der Waals surface area contributed by atoms with Crippen molar-refractivity contribution in [3.8, 4) is 0 Å². The van der Waals surface area contributed by atoms with Crippen molar-refractivity contribution in [2.75, 3.05) is 19.6 Å². The highest BCUT2D eigenvalue weighted by Crippen LogP contribution is 2.28. The highest BCUT2D eigenvalue weighted by atomic mass is 16.3. The van der Waals surface area contributed by atoms with E-state index < -0.39 is 5.60 Å². The molecule has 1 heterocycles. The van der Waals surface area contributed by atoms with Crippen molar-refractivity contribution in [1.82, 2.24) is 0 Å². The lowest BCUT2D eigenvalue weighted by Gasteiger charge is -2.35. The molecule has 17 heavy (non-hydrogen) atoms. The highest BCUT2D eigenvalue weighted by Gasteiger charge is 2.36. The van der Waals surface area contributed by atoms with Crippen molar-refractivity contribution < 1.29 is 14.8 Å². The molecule has 1 aromatic carbocycles. The Balaban J connectivity index is 2.00. The number of aliphatic hydroxyl groups is 1. The van der Waals surface area contributed by atoms with Crippen LogP contribution in [0.2, 0.25) is 0 Å². The smallest absolute Gasteiger partial charge is 0.272 e. The molecule has 2 rings (SSSR count). The zero-order valence-electron chi connectivity index (χ0n) is 9.86.